The maximum absolute atomic E-state index is 11.0. The van der Waals surface area contributed by atoms with Crippen LogP contribution >= 0.6 is 0 Å². The minimum absolute atomic E-state index is 0.101. The normalized spacial score (nSPS) is 33.7. The second kappa shape index (κ2) is 3.32. The Labute approximate surface area is 67.0 Å². The van der Waals surface area contributed by atoms with Crippen molar-refractivity contribution in [3.63, 3.8) is 0 Å². The topological polar surface area (TPSA) is 40.5 Å². The molecule has 1 heterocycles. The smallest absolute Gasteiger partial charge is 0.136 e. The third kappa shape index (κ3) is 2.01. The van der Waals surface area contributed by atoms with E-state index in [9.17, 15) is 9.90 Å². The number of carbonyl (C=O) groups excluding carboxylic acids is 1. The maximum atomic E-state index is 11.0. The fraction of sp³-hybridized carbons (Fsp3) is 0.875. The number of ketones is 1. The summed E-state index contributed by atoms with van der Waals surface area (Å²) in [5.41, 5.74) is 0. The molecule has 2 unspecified atom stereocenters. The number of hydrogen-bond acceptors (Lipinski definition) is 3. The van der Waals surface area contributed by atoms with Crippen LogP contribution in [0.4, 0.5) is 0 Å². The van der Waals surface area contributed by atoms with Gasteiger partial charge in [0, 0.05) is 13.1 Å². The number of hydrogen-bond donors (Lipinski definition) is 1. The van der Waals surface area contributed by atoms with Crippen LogP contribution in [-0.2, 0) is 4.79 Å². The number of likely N-dealkylation sites (tertiary alicyclic amines) is 1. The third-order valence-electron chi connectivity index (χ3n) is 2.30. The highest BCUT2D eigenvalue weighted by atomic mass is 16.3. The van der Waals surface area contributed by atoms with E-state index in [1.165, 1.54) is 0 Å². The molecule has 1 saturated heterocycles. The minimum Gasteiger partial charge on any atom is -0.392 e. The van der Waals surface area contributed by atoms with E-state index < -0.39 is 6.10 Å². The van der Waals surface area contributed by atoms with E-state index in [-0.39, 0.29) is 11.7 Å². The van der Waals surface area contributed by atoms with Crippen molar-refractivity contribution in [3.05, 3.63) is 0 Å². The van der Waals surface area contributed by atoms with Crippen molar-refractivity contribution in [2.75, 3.05) is 20.1 Å². The van der Waals surface area contributed by atoms with E-state index in [2.05, 4.69) is 4.90 Å². The van der Waals surface area contributed by atoms with Crippen LogP contribution in [-0.4, -0.2) is 42.0 Å². The van der Waals surface area contributed by atoms with Crippen LogP contribution in [0.25, 0.3) is 0 Å². The molecule has 0 amide bonds. The lowest BCUT2D eigenvalue weighted by Gasteiger charge is -2.32. The van der Waals surface area contributed by atoms with Gasteiger partial charge in [0.15, 0.2) is 0 Å². The average Bonchev–Trinajstić information content (AvgIpc) is 1.94. The molecule has 0 aromatic carbocycles. The number of piperidine rings is 1. The van der Waals surface area contributed by atoms with Crippen molar-refractivity contribution in [2.24, 2.45) is 5.92 Å². The van der Waals surface area contributed by atoms with Gasteiger partial charge in [0.05, 0.1) is 12.0 Å². The summed E-state index contributed by atoms with van der Waals surface area (Å²) in [5, 5.41) is 9.41. The van der Waals surface area contributed by atoms with Crippen LogP contribution in [0.5, 0.6) is 0 Å². The molecule has 0 spiro atoms. The van der Waals surface area contributed by atoms with E-state index in [0.717, 1.165) is 13.0 Å². The van der Waals surface area contributed by atoms with Gasteiger partial charge in [-0.15, -0.1) is 0 Å². The van der Waals surface area contributed by atoms with Crippen LogP contribution in [0.2, 0.25) is 0 Å². The first-order valence-corrected chi connectivity index (χ1v) is 3.98. The first-order chi connectivity index (χ1) is 5.11. The Morgan fingerprint density at radius 3 is 2.73 bits per heavy atom. The highest BCUT2D eigenvalue weighted by Gasteiger charge is 2.28. The van der Waals surface area contributed by atoms with Gasteiger partial charge in [0.1, 0.15) is 5.78 Å². The van der Waals surface area contributed by atoms with Gasteiger partial charge in [0.25, 0.3) is 0 Å². The maximum Gasteiger partial charge on any atom is 0.136 e. The molecule has 0 saturated carbocycles. The predicted molar refractivity (Wildman–Crippen MR) is 42.3 cm³/mol. The Hall–Kier alpha value is -0.410. The summed E-state index contributed by atoms with van der Waals surface area (Å²) in [6.07, 6.45) is 0.310. The molecular formula is C8H15NO2. The van der Waals surface area contributed by atoms with Gasteiger partial charge >= 0.3 is 0 Å². The van der Waals surface area contributed by atoms with Crippen LogP contribution < -0.4 is 0 Å². The summed E-state index contributed by atoms with van der Waals surface area (Å²) in [6, 6.07) is 0. The first-order valence-electron chi connectivity index (χ1n) is 3.98. The molecule has 1 rings (SSSR count). The number of Topliss-reactive ketones (excluding diaryl/α,β-unsaturated/α-hetero) is 1. The van der Waals surface area contributed by atoms with Crippen molar-refractivity contribution >= 4 is 5.78 Å². The van der Waals surface area contributed by atoms with Crippen LogP contribution in [0.3, 0.4) is 0 Å². The summed E-state index contributed by atoms with van der Waals surface area (Å²) in [7, 11) is 1.97. The molecule has 0 aromatic heterocycles. The lowest BCUT2D eigenvalue weighted by Crippen LogP contribution is -2.44. The van der Waals surface area contributed by atoms with Crippen molar-refractivity contribution in [1.82, 2.24) is 4.90 Å². The Balaban J connectivity index is 2.54. The summed E-state index contributed by atoms with van der Waals surface area (Å²) in [5.74, 6) is -0.0576. The summed E-state index contributed by atoms with van der Waals surface area (Å²) in [6.45, 7) is 3.15. The number of carbonyl (C=O) groups is 1. The fourth-order valence-corrected chi connectivity index (χ4v) is 1.50. The molecule has 3 heteroatoms. The third-order valence-corrected chi connectivity index (χ3v) is 2.30. The Morgan fingerprint density at radius 1 is 1.64 bits per heavy atom. The van der Waals surface area contributed by atoms with E-state index in [1.807, 2.05) is 7.05 Å². The number of aliphatic hydroxyl groups is 1. The molecule has 1 aliphatic heterocycles. The van der Waals surface area contributed by atoms with Crippen molar-refractivity contribution < 1.29 is 9.90 Å². The van der Waals surface area contributed by atoms with Crippen molar-refractivity contribution in [1.29, 1.82) is 0 Å². The lowest BCUT2D eigenvalue weighted by atomic mass is 9.92. The molecule has 1 aliphatic rings. The largest absolute Gasteiger partial charge is 0.392 e. The lowest BCUT2D eigenvalue weighted by molar-refractivity contribution is -0.126. The van der Waals surface area contributed by atoms with E-state index >= 15 is 0 Å². The molecule has 11 heavy (non-hydrogen) atoms. The summed E-state index contributed by atoms with van der Waals surface area (Å²) < 4.78 is 0. The molecule has 1 N–H and O–H groups in total. The summed E-state index contributed by atoms with van der Waals surface area (Å²) in [4.78, 5) is 13.1. The van der Waals surface area contributed by atoms with E-state index in [1.54, 1.807) is 6.92 Å². The zero-order chi connectivity index (χ0) is 8.43. The predicted octanol–water partition coefficient (Wildman–Crippen LogP) is -0.112. The second-order valence-corrected chi connectivity index (χ2v) is 3.34. The monoisotopic (exact) mass is 157 g/mol. The number of nitrogens with zero attached hydrogens (tertiary/aromatic N) is 1. The van der Waals surface area contributed by atoms with Crippen molar-refractivity contribution in [2.45, 2.75) is 19.4 Å². The highest BCUT2D eigenvalue weighted by molar-refractivity contribution is 5.79. The van der Waals surface area contributed by atoms with E-state index in [0.29, 0.717) is 6.54 Å². The van der Waals surface area contributed by atoms with Gasteiger partial charge in [-0.05, 0) is 20.4 Å². The number of rotatable bonds is 1. The highest BCUT2D eigenvalue weighted by Crippen LogP contribution is 2.16. The molecule has 2 atom stereocenters. The Bertz CT molecular complexity index is 158. The quantitative estimate of drug-likeness (QED) is 0.577. The SMILES string of the molecule is CC(=O)C1CN(C)CCC1O. The van der Waals surface area contributed by atoms with Gasteiger partial charge in [-0.25, -0.2) is 0 Å². The van der Waals surface area contributed by atoms with E-state index in [4.69, 9.17) is 0 Å². The van der Waals surface area contributed by atoms with Crippen LogP contribution in [0.15, 0.2) is 0 Å². The van der Waals surface area contributed by atoms with Gasteiger partial charge in [-0.3, -0.25) is 4.79 Å². The standard InChI is InChI=1S/C8H15NO2/c1-6(10)7-5-9(2)4-3-8(7)11/h7-8,11H,3-5H2,1-2H3. The molecule has 0 bridgehead atoms. The average molecular weight is 157 g/mol. The fourth-order valence-electron chi connectivity index (χ4n) is 1.50. The van der Waals surface area contributed by atoms with Gasteiger partial charge in [-0.1, -0.05) is 0 Å². The minimum atomic E-state index is -0.413. The molecule has 1 fully saturated rings. The molecule has 3 nitrogen and oxygen atoms in total. The molecular weight excluding hydrogens is 142 g/mol. The van der Waals surface area contributed by atoms with Gasteiger partial charge in [-0.2, -0.15) is 0 Å². The number of aliphatic hydroxyl groups excluding tert-OH is 1. The van der Waals surface area contributed by atoms with Crippen molar-refractivity contribution in [3.8, 4) is 0 Å². The zero-order valence-electron chi connectivity index (χ0n) is 7.08. The molecule has 0 radical (unpaired) electrons. The molecule has 0 aliphatic carbocycles. The van der Waals surface area contributed by atoms with Gasteiger partial charge in [0.2, 0.25) is 0 Å². The zero-order valence-corrected chi connectivity index (χ0v) is 7.08. The van der Waals surface area contributed by atoms with Crippen LogP contribution in [0, 0.1) is 5.92 Å². The first kappa shape index (κ1) is 8.68. The molecule has 0 aromatic rings. The Kier molecular flexibility index (Phi) is 2.62. The Morgan fingerprint density at radius 2 is 2.27 bits per heavy atom. The van der Waals surface area contributed by atoms with Gasteiger partial charge < -0.3 is 10.0 Å². The van der Waals surface area contributed by atoms with Crippen LogP contribution in [0.1, 0.15) is 13.3 Å². The second-order valence-electron chi connectivity index (χ2n) is 3.34. The molecule has 64 valence electrons. The summed E-state index contributed by atoms with van der Waals surface area (Å²) >= 11 is 0.